The van der Waals surface area contributed by atoms with Crippen molar-refractivity contribution in [2.75, 3.05) is 32.8 Å². The van der Waals surface area contributed by atoms with E-state index in [9.17, 15) is 4.79 Å². The Hall–Kier alpha value is -2.11. The number of ether oxygens (including phenoxy) is 1. The van der Waals surface area contributed by atoms with Crippen LogP contribution in [0.15, 0.2) is 42.6 Å². The summed E-state index contributed by atoms with van der Waals surface area (Å²) in [5.41, 5.74) is 2.83. The Morgan fingerprint density at radius 2 is 1.92 bits per heavy atom. The molecular weight excluding hydrogens is 326 g/mol. The van der Waals surface area contributed by atoms with E-state index in [1.165, 1.54) is 12.8 Å². The first kappa shape index (κ1) is 17.3. The van der Waals surface area contributed by atoms with Crippen molar-refractivity contribution in [1.82, 2.24) is 14.8 Å². The minimum absolute atomic E-state index is 0.00690. The third-order valence-corrected chi connectivity index (χ3v) is 5.58. The van der Waals surface area contributed by atoms with Gasteiger partial charge in [0.05, 0.1) is 24.3 Å². The maximum atomic E-state index is 13.3. The van der Waals surface area contributed by atoms with Crippen LogP contribution < -0.4 is 0 Å². The summed E-state index contributed by atoms with van der Waals surface area (Å²) in [7, 11) is 0. The van der Waals surface area contributed by atoms with E-state index in [4.69, 9.17) is 4.74 Å². The van der Waals surface area contributed by atoms with Crippen LogP contribution in [0.2, 0.25) is 0 Å². The number of aromatic amines is 1. The quantitative estimate of drug-likeness (QED) is 0.919. The van der Waals surface area contributed by atoms with Crippen LogP contribution in [-0.2, 0) is 4.74 Å². The zero-order chi connectivity index (χ0) is 17.9. The lowest BCUT2D eigenvalue weighted by atomic mass is 9.96. The molecule has 0 radical (unpaired) electrons. The van der Waals surface area contributed by atoms with Gasteiger partial charge in [0.15, 0.2) is 0 Å². The highest BCUT2D eigenvalue weighted by molar-refractivity contribution is 5.95. The van der Waals surface area contributed by atoms with Crippen molar-refractivity contribution >= 4 is 5.91 Å². The van der Waals surface area contributed by atoms with Crippen molar-refractivity contribution in [3.05, 3.63) is 59.4 Å². The van der Waals surface area contributed by atoms with Crippen molar-refractivity contribution in [2.24, 2.45) is 0 Å². The molecular formula is C21H27N3O2. The number of nitrogens with one attached hydrogen (secondary N) is 1. The number of benzene rings is 1. The van der Waals surface area contributed by atoms with E-state index < -0.39 is 0 Å². The molecule has 5 nitrogen and oxygen atoms in total. The van der Waals surface area contributed by atoms with E-state index in [-0.39, 0.29) is 18.1 Å². The van der Waals surface area contributed by atoms with Gasteiger partial charge in [0.1, 0.15) is 0 Å². The molecule has 5 heteroatoms. The molecule has 2 aromatic rings. The van der Waals surface area contributed by atoms with Crippen LogP contribution in [0, 0.1) is 6.92 Å². The maximum Gasteiger partial charge on any atom is 0.256 e. The summed E-state index contributed by atoms with van der Waals surface area (Å²) in [6.07, 6.45) is 4.36. The van der Waals surface area contributed by atoms with Gasteiger partial charge in [-0.3, -0.25) is 4.79 Å². The van der Waals surface area contributed by atoms with Crippen molar-refractivity contribution in [3.8, 4) is 0 Å². The van der Waals surface area contributed by atoms with Crippen LogP contribution in [0.5, 0.6) is 0 Å². The Labute approximate surface area is 154 Å². The molecule has 2 saturated heterocycles. The standard InChI is InChI=1S/C21H27N3O2/c1-16-18(9-10-22-16)21(25)24-13-14-26-19(15-23-11-5-6-12-23)20(24)17-7-3-2-4-8-17/h2-4,7-10,19-20,22H,5-6,11-15H2,1H3/t19-,20-/m0/s1. The van der Waals surface area contributed by atoms with E-state index >= 15 is 0 Å². The number of nitrogens with zero attached hydrogens (tertiary/aromatic N) is 2. The third kappa shape index (κ3) is 3.41. The fourth-order valence-electron chi connectivity index (χ4n) is 4.22. The molecule has 0 unspecified atom stereocenters. The molecule has 0 bridgehead atoms. The van der Waals surface area contributed by atoms with Gasteiger partial charge in [0, 0.05) is 25.0 Å². The van der Waals surface area contributed by atoms with Crippen LogP contribution in [0.4, 0.5) is 0 Å². The molecule has 1 aromatic carbocycles. The maximum absolute atomic E-state index is 13.3. The van der Waals surface area contributed by atoms with E-state index in [2.05, 4.69) is 22.0 Å². The zero-order valence-corrected chi connectivity index (χ0v) is 15.4. The number of rotatable bonds is 4. The minimum Gasteiger partial charge on any atom is -0.373 e. The van der Waals surface area contributed by atoms with Crippen molar-refractivity contribution in [1.29, 1.82) is 0 Å². The Kier molecular flexibility index (Phi) is 5.09. The van der Waals surface area contributed by atoms with Crippen LogP contribution in [0.25, 0.3) is 0 Å². The average molecular weight is 353 g/mol. The van der Waals surface area contributed by atoms with Crippen LogP contribution >= 0.6 is 0 Å². The molecule has 26 heavy (non-hydrogen) atoms. The van der Waals surface area contributed by atoms with Gasteiger partial charge in [-0.15, -0.1) is 0 Å². The first-order valence-corrected chi connectivity index (χ1v) is 9.58. The summed E-state index contributed by atoms with van der Waals surface area (Å²) in [5, 5.41) is 0. The molecule has 2 aliphatic rings. The highest BCUT2D eigenvalue weighted by Gasteiger charge is 2.38. The number of hydrogen-bond acceptors (Lipinski definition) is 3. The van der Waals surface area contributed by atoms with Crippen molar-refractivity contribution in [3.63, 3.8) is 0 Å². The monoisotopic (exact) mass is 353 g/mol. The number of aryl methyl sites for hydroxylation is 1. The first-order valence-electron chi connectivity index (χ1n) is 9.58. The van der Waals surface area contributed by atoms with E-state index in [1.807, 2.05) is 42.3 Å². The van der Waals surface area contributed by atoms with Crippen LogP contribution in [-0.4, -0.2) is 59.6 Å². The number of amides is 1. The molecule has 1 aromatic heterocycles. The molecule has 4 rings (SSSR count). The number of morpholine rings is 1. The molecule has 1 N–H and O–H groups in total. The lowest BCUT2D eigenvalue weighted by Gasteiger charge is -2.42. The van der Waals surface area contributed by atoms with E-state index in [0.29, 0.717) is 13.2 Å². The number of likely N-dealkylation sites (tertiary alicyclic amines) is 1. The SMILES string of the molecule is Cc1[nH]ccc1C(=O)N1CCO[C@@H](CN2CCCC2)[C@@H]1c1ccccc1. The summed E-state index contributed by atoms with van der Waals surface area (Å²) >= 11 is 0. The predicted molar refractivity (Wildman–Crippen MR) is 101 cm³/mol. The second-order valence-corrected chi connectivity index (χ2v) is 7.29. The van der Waals surface area contributed by atoms with Crippen LogP contribution in [0.1, 0.15) is 40.5 Å². The summed E-state index contributed by atoms with van der Waals surface area (Å²) in [6, 6.07) is 12.2. The zero-order valence-electron chi connectivity index (χ0n) is 15.4. The van der Waals surface area contributed by atoms with Gasteiger partial charge >= 0.3 is 0 Å². The second kappa shape index (κ2) is 7.64. The van der Waals surface area contributed by atoms with E-state index in [0.717, 1.165) is 36.5 Å². The topological polar surface area (TPSA) is 48.6 Å². The summed E-state index contributed by atoms with van der Waals surface area (Å²) < 4.78 is 6.19. The smallest absolute Gasteiger partial charge is 0.256 e. The fraction of sp³-hybridized carbons (Fsp3) is 0.476. The first-order chi connectivity index (χ1) is 12.7. The van der Waals surface area contributed by atoms with Crippen molar-refractivity contribution in [2.45, 2.75) is 31.9 Å². The summed E-state index contributed by atoms with van der Waals surface area (Å²) in [5.74, 6) is 0.0901. The highest BCUT2D eigenvalue weighted by Crippen LogP contribution is 2.32. The number of carbonyl (C=O) groups is 1. The fourth-order valence-corrected chi connectivity index (χ4v) is 4.22. The largest absolute Gasteiger partial charge is 0.373 e. The lowest BCUT2D eigenvalue weighted by molar-refractivity contribution is -0.0707. The Morgan fingerprint density at radius 3 is 2.62 bits per heavy atom. The molecule has 2 aliphatic heterocycles. The van der Waals surface area contributed by atoms with Crippen molar-refractivity contribution < 1.29 is 9.53 Å². The minimum atomic E-state index is -0.0488. The summed E-state index contributed by atoms with van der Waals surface area (Å²) in [6.45, 7) is 6.32. The van der Waals surface area contributed by atoms with Gasteiger partial charge in [0.2, 0.25) is 0 Å². The number of carbonyl (C=O) groups excluding carboxylic acids is 1. The van der Waals surface area contributed by atoms with Gasteiger partial charge in [-0.05, 0) is 44.5 Å². The Morgan fingerprint density at radius 1 is 1.15 bits per heavy atom. The van der Waals surface area contributed by atoms with Gasteiger partial charge in [-0.1, -0.05) is 30.3 Å². The highest BCUT2D eigenvalue weighted by atomic mass is 16.5. The molecule has 2 fully saturated rings. The third-order valence-electron chi connectivity index (χ3n) is 5.58. The number of aromatic nitrogens is 1. The molecule has 2 atom stereocenters. The molecule has 0 spiro atoms. The Bertz CT molecular complexity index is 737. The predicted octanol–water partition coefficient (Wildman–Crippen LogP) is 3.00. The average Bonchev–Trinajstić information content (AvgIpc) is 3.33. The molecule has 0 aliphatic carbocycles. The van der Waals surface area contributed by atoms with Gasteiger partial charge in [-0.2, -0.15) is 0 Å². The van der Waals surface area contributed by atoms with E-state index in [1.54, 1.807) is 0 Å². The number of hydrogen-bond donors (Lipinski definition) is 1. The molecule has 3 heterocycles. The molecule has 0 saturated carbocycles. The Balaban J connectivity index is 1.64. The molecule has 138 valence electrons. The number of H-pyrrole nitrogens is 1. The van der Waals surface area contributed by atoms with Crippen LogP contribution in [0.3, 0.4) is 0 Å². The van der Waals surface area contributed by atoms with Gasteiger partial charge < -0.3 is 19.5 Å². The summed E-state index contributed by atoms with van der Waals surface area (Å²) in [4.78, 5) is 20.9. The second-order valence-electron chi connectivity index (χ2n) is 7.29. The normalized spacial score (nSPS) is 24.1. The van der Waals surface area contributed by atoms with Gasteiger partial charge in [0.25, 0.3) is 5.91 Å². The van der Waals surface area contributed by atoms with Gasteiger partial charge in [-0.25, -0.2) is 0 Å². The molecule has 1 amide bonds. The lowest BCUT2D eigenvalue weighted by Crippen LogP contribution is -2.51.